The zero-order valence-electron chi connectivity index (χ0n) is 11.7. The lowest BCUT2D eigenvalue weighted by molar-refractivity contribution is 0.00441. The van der Waals surface area contributed by atoms with Gasteiger partial charge in [0.05, 0.1) is 0 Å². The molecule has 1 aromatic heterocycles. The number of pyridine rings is 1. The summed E-state index contributed by atoms with van der Waals surface area (Å²) in [5, 5.41) is 12.5. The van der Waals surface area contributed by atoms with Gasteiger partial charge in [-0.1, -0.05) is 25.1 Å². The van der Waals surface area contributed by atoms with E-state index in [1.807, 2.05) is 18.2 Å². The molecule has 1 aliphatic rings. The van der Waals surface area contributed by atoms with Gasteiger partial charge < -0.3 is 5.11 Å². The zero-order valence-corrected chi connectivity index (χ0v) is 11.7. The highest BCUT2D eigenvalue weighted by atomic mass is 16.3. The first-order valence-electron chi connectivity index (χ1n) is 7.20. The molecule has 2 aromatic rings. The number of ketones is 1. The molecule has 0 spiro atoms. The van der Waals surface area contributed by atoms with E-state index in [0.717, 1.165) is 23.6 Å². The summed E-state index contributed by atoms with van der Waals surface area (Å²) in [7, 11) is 0. The molecule has 0 unspecified atom stereocenters. The summed E-state index contributed by atoms with van der Waals surface area (Å²) in [5.41, 5.74) is -0.607. The van der Waals surface area contributed by atoms with E-state index in [1.54, 1.807) is 18.5 Å². The molecular formula is C17H19NO2. The fraction of sp³-hybridized carbons (Fsp3) is 0.412. The molecular weight excluding hydrogens is 250 g/mol. The number of nitrogens with zero attached hydrogens (tertiary/aromatic N) is 1. The molecule has 1 aliphatic carbocycles. The van der Waals surface area contributed by atoms with Crippen LogP contribution in [0.1, 0.15) is 43.0 Å². The van der Waals surface area contributed by atoms with Crippen molar-refractivity contribution in [3.63, 3.8) is 0 Å². The molecule has 0 atom stereocenters. The van der Waals surface area contributed by atoms with Gasteiger partial charge in [-0.15, -0.1) is 0 Å². The average Bonchev–Trinajstić information content (AvgIpc) is 2.49. The van der Waals surface area contributed by atoms with E-state index >= 15 is 0 Å². The molecule has 3 nitrogen and oxygen atoms in total. The Bertz CT molecular complexity index is 637. The van der Waals surface area contributed by atoms with Crippen LogP contribution in [0.25, 0.3) is 10.8 Å². The van der Waals surface area contributed by atoms with Gasteiger partial charge in [0.1, 0.15) is 5.60 Å². The molecule has 0 radical (unpaired) electrons. The Kier molecular flexibility index (Phi) is 3.30. The standard InChI is InChI=1S/C17H19NO2/c1-12-5-8-17(20,9-6-12)16(19)14-4-2-3-13-7-10-18-11-15(13)14/h2-4,7,10-12,20H,5-6,8-9H2,1H3. The van der Waals surface area contributed by atoms with Crippen molar-refractivity contribution < 1.29 is 9.90 Å². The Morgan fingerprint density at radius 3 is 2.80 bits per heavy atom. The summed E-state index contributed by atoms with van der Waals surface area (Å²) in [6.07, 6.45) is 6.36. The summed E-state index contributed by atoms with van der Waals surface area (Å²) in [5.74, 6) is 0.445. The zero-order chi connectivity index (χ0) is 14.2. The Morgan fingerprint density at radius 1 is 1.30 bits per heavy atom. The molecule has 1 heterocycles. The normalized spacial score (nSPS) is 26.6. The minimum atomic E-state index is -1.20. The van der Waals surface area contributed by atoms with Crippen molar-refractivity contribution in [3.05, 3.63) is 42.2 Å². The van der Waals surface area contributed by atoms with Gasteiger partial charge in [-0.3, -0.25) is 9.78 Å². The minimum Gasteiger partial charge on any atom is -0.382 e. The number of aromatic nitrogens is 1. The van der Waals surface area contributed by atoms with Crippen molar-refractivity contribution >= 4 is 16.6 Å². The number of carbonyl (C=O) groups is 1. The maximum atomic E-state index is 12.8. The third kappa shape index (κ3) is 2.22. The van der Waals surface area contributed by atoms with Gasteiger partial charge in [0.25, 0.3) is 0 Å². The van der Waals surface area contributed by atoms with Crippen molar-refractivity contribution in [2.75, 3.05) is 0 Å². The highest BCUT2D eigenvalue weighted by molar-refractivity contribution is 6.11. The summed E-state index contributed by atoms with van der Waals surface area (Å²) in [6, 6.07) is 7.51. The number of hydrogen-bond donors (Lipinski definition) is 1. The molecule has 0 saturated heterocycles. The lowest BCUT2D eigenvalue weighted by atomic mass is 9.75. The average molecular weight is 269 g/mol. The van der Waals surface area contributed by atoms with Crippen molar-refractivity contribution in [2.24, 2.45) is 5.92 Å². The highest BCUT2D eigenvalue weighted by Crippen LogP contribution is 2.35. The molecule has 1 N–H and O–H groups in total. The molecule has 0 amide bonds. The summed E-state index contributed by atoms with van der Waals surface area (Å²) < 4.78 is 0. The molecule has 20 heavy (non-hydrogen) atoms. The van der Waals surface area contributed by atoms with Gasteiger partial charge in [0, 0.05) is 23.3 Å². The van der Waals surface area contributed by atoms with Crippen LogP contribution < -0.4 is 0 Å². The predicted octanol–water partition coefficient (Wildman–Crippen LogP) is 3.36. The third-order valence-corrected chi connectivity index (χ3v) is 4.45. The van der Waals surface area contributed by atoms with Gasteiger partial charge in [-0.05, 0) is 43.1 Å². The quantitative estimate of drug-likeness (QED) is 0.850. The Morgan fingerprint density at radius 2 is 2.05 bits per heavy atom. The number of hydrogen-bond acceptors (Lipinski definition) is 3. The van der Waals surface area contributed by atoms with Crippen LogP contribution in [0, 0.1) is 5.92 Å². The topological polar surface area (TPSA) is 50.2 Å². The van der Waals surface area contributed by atoms with E-state index < -0.39 is 5.60 Å². The lowest BCUT2D eigenvalue weighted by Gasteiger charge is -2.33. The smallest absolute Gasteiger partial charge is 0.195 e. The molecule has 3 rings (SSSR count). The van der Waals surface area contributed by atoms with Crippen LogP contribution in [-0.2, 0) is 0 Å². The van der Waals surface area contributed by atoms with Crippen molar-refractivity contribution in [1.29, 1.82) is 0 Å². The molecule has 0 bridgehead atoms. The number of aliphatic hydroxyl groups is 1. The van der Waals surface area contributed by atoms with Crippen LogP contribution in [0.15, 0.2) is 36.7 Å². The number of fused-ring (bicyclic) bond motifs is 1. The van der Waals surface area contributed by atoms with E-state index in [9.17, 15) is 9.90 Å². The van der Waals surface area contributed by atoms with Crippen molar-refractivity contribution in [1.82, 2.24) is 4.98 Å². The first-order valence-corrected chi connectivity index (χ1v) is 7.20. The first-order chi connectivity index (χ1) is 9.60. The highest BCUT2D eigenvalue weighted by Gasteiger charge is 2.39. The first kappa shape index (κ1) is 13.3. The number of Topliss-reactive ketones (excluding diaryl/α,β-unsaturated/α-hetero) is 1. The van der Waals surface area contributed by atoms with Gasteiger partial charge in [-0.2, -0.15) is 0 Å². The number of carbonyl (C=O) groups excluding carboxylic acids is 1. The molecule has 0 aliphatic heterocycles. The Balaban J connectivity index is 2.01. The van der Waals surface area contributed by atoms with Crippen LogP contribution in [0.5, 0.6) is 0 Å². The van der Waals surface area contributed by atoms with Crippen LogP contribution in [0.4, 0.5) is 0 Å². The van der Waals surface area contributed by atoms with Gasteiger partial charge in [0.15, 0.2) is 5.78 Å². The maximum absolute atomic E-state index is 12.8. The summed E-state index contributed by atoms with van der Waals surface area (Å²) in [4.78, 5) is 16.9. The van der Waals surface area contributed by atoms with Crippen molar-refractivity contribution in [3.8, 4) is 0 Å². The fourth-order valence-corrected chi connectivity index (χ4v) is 3.03. The number of rotatable bonds is 2. The number of benzene rings is 1. The van der Waals surface area contributed by atoms with Crippen LogP contribution in [0.2, 0.25) is 0 Å². The van der Waals surface area contributed by atoms with E-state index in [1.165, 1.54) is 0 Å². The monoisotopic (exact) mass is 269 g/mol. The largest absolute Gasteiger partial charge is 0.382 e. The van der Waals surface area contributed by atoms with E-state index in [0.29, 0.717) is 24.3 Å². The van der Waals surface area contributed by atoms with Gasteiger partial charge in [0.2, 0.25) is 0 Å². The Labute approximate surface area is 118 Å². The fourth-order valence-electron chi connectivity index (χ4n) is 3.03. The van der Waals surface area contributed by atoms with Crippen LogP contribution in [-0.4, -0.2) is 21.5 Å². The van der Waals surface area contributed by atoms with E-state index in [4.69, 9.17) is 0 Å². The SMILES string of the molecule is CC1CCC(O)(C(=O)c2cccc3ccncc23)CC1. The van der Waals surface area contributed by atoms with Crippen LogP contribution >= 0.6 is 0 Å². The Hall–Kier alpha value is -1.74. The second kappa shape index (κ2) is 4.98. The third-order valence-electron chi connectivity index (χ3n) is 4.45. The minimum absolute atomic E-state index is 0.150. The van der Waals surface area contributed by atoms with E-state index in [2.05, 4.69) is 11.9 Å². The lowest BCUT2D eigenvalue weighted by Crippen LogP contribution is -2.42. The van der Waals surface area contributed by atoms with Crippen LogP contribution in [0.3, 0.4) is 0 Å². The second-order valence-corrected chi connectivity index (χ2v) is 5.95. The van der Waals surface area contributed by atoms with Gasteiger partial charge >= 0.3 is 0 Å². The summed E-state index contributed by atoms with van der Waals surface area (Å²) >= 11 is 0. The molecule has 3 heteroatoms. The van der Waals surface area contributed by atoms with Gasteiger partial charge in [-0.25, -0.2) is 0 Å². The summed E-state index contributed by atoms with van der Waals surface area (Å²) in [6.45, 7) is 2.17. The molecule has 104 valence electrons. The maximum Gasteiger partial charge on any atom is 0.195 e. The predicted molar refractivity (Wildman–Crippen MR) is 78.7 cm³/mol. The van der Waals surface area contributed by atoms with E-state index in [-0.39, 0.29) is 5.78 Å². The van der Waals surface area contributed by atoms with Crippen molar-refractivity contribution in [2.45, 2.75) is 38.2 Å². The molecule has 1 fully saturated rings. The molecule has 1 saturated carbocycles. The molecule has 1 aromatic carbocycles. The second-order valence-electron chi connectivity index (χ2n) is 5.95.